The van der Waals surface area contributed by atoms with Crippen molar-refractivity contribution in [3.8, 4) is 17.2 Å². The quantitative estimate of drug-likeness (QED) is 0.452. The summed E-state index contributed by atoms with van der Waals surface area (Å²) in [6, 6.07) is 5.68. The Morgan fingerprint density at radius 1 is 1.34 bits per heavy atom. The van der Waals surface area contributed by atoms with E-state index in [4.69, 9.17) is 9.72 Å². The highest BCUT2D eigenvalue weighted by atomic mass is 32.1. The van der Waals surface area contributed by atoms with Crippen LogP contribution < -0.4 is 4.90 Å². The summed E-state index contributed by atoms with van der Waals surface area (Å²) in [5, 5.41) is 10.3. The summed E-state index contributed by atoms with van der Waals surface area (Å²) < 4.78 is 35.1. The van der Waals surface area contributed by atoms with Crippen LogP contribution in [0.15, 0.2) is 36.4 Å². The number of anilines is 1. The minimum Gasteiger partial charge on any atom is -0.367 e. The maximum Gasteiger partial charge on any atom is 0.245 e. The molecule has 6 rings (SSSR count). The molecule has 38 heavy (non-hydrogen) atoms. The van der Waals surface area contributed by atoms with Gasteiger partial charge in [-0.15, -0.1) is 11.3 Å². The Labute approximate surface area is 223 Å². The van der Waals surface area contributed by atoms with Crippen molar-refractivity contribution in [2.75, 3.05) is 31.1 Å². The number of nitrogens with zero attached hydrogens (tertiary/aromatic N) is 5. The number of ether oxygens (including phenoxy) is 1. The van der Waals surface area contributed by atoms with E-state index in [9.17, 15) is 14.4 Å². The fourth-order valence-corrected chi connectivity index (χ4v) is 6.79. The normalized spacial score (nSPS) is 19.7. The SMILES string of the molecule is C=CC(=O)N1CC2(CCN(c3nc4c(c(-c5ccc(F)cc5F)c3C#N)CO[C@H](c3scnc3C)C4)C2)C1. The van der Waals surface area contributed by atoms with Crippen LogP contribution in [-0.4, -0.2) is 47.0 Å². The molecular weight excluding hydrogens is 508 g/mol. The van der Waals surface area contributed by atoms with E-state index < -0.39 is 11.6 Å². The molecule has 1 atom stereocenters. The number of halogens is 2. The number of fused-ring (bicyclic) bond motifs is 1. The first-order valence-corrected chi connectivity index (χ1v) is 13.3. The fraction of sp³-hybridized carbons (Fsp3) is 0.357. The van der Waals surface area contributed by atoms with E-state index in [1.54, 1.807) is 10.4 Å². The number of hydrogen-bond donors (Lipinski definition) is 0. The summed E-state index contributed by atoms with van der Waals surface area (Å²) in [6.07, 6.45) is 2.38. The molecule has 3 aliphatic heterocycles. The number of amides is 1. The standard InChI is InChI=1S/C28H25F2N5O2S/c1-3-24(36)35-13-28(14-35)6-7-34(12-28)27-19(10-31)25(18-5-4-17(29)8-21(18)30)20-11-37-23(9-22(20)33-27)26-16(2)32-15-38-26/h3-5,8,15,23H,1,6-7,9,11-14H2,2H3/t23-/m0/s1. The fourth-order valence-electron chi connectivity index (χ4n) is 5.94. The molecule has 1 aromatic carbocycles. The molecule has 1 spiro atoms. The van der Waals surface area contributed by atoms with Crippen LogP contribution in [0.2, 0.25) is 0 Å². The van der Waals surface area contributed by atoms with Crippen LogP contribution in [0.5, 0.6) is 0 Å². The van der Waals surface area contributed by atoms with Crippen LogP contribution in [0.4, 0.5) is 14.6 Å². The highest BCUT2D eigenvalue weighted by Gasteiger charge is 2.49. The maximum atomic E-state index is 15.1. The van der Waals surface area contributed by atoms with Crippen LogP contribution >= 0.6 is 11.3 Å². The van der Waals surface area contributed by atoms with E-state index in [0.29, 0.717) is 49.5 Å². The molecule has 2 saturated heterocycles. The number of carbonyl (C=O) groups excluding carboxylic acids is 1. The molecule has 0 N–H and O–H groups in total. The van der Waals surface area contributed by atoms with Crippen LogP contribution in [0, 0.1) is 35.3 Å². The Kier molecular flexibility index (Phi) is 6.00. The lowest BCUT2D eigenvalue weighted by Crippen LogP contribution is -2.59. The van der Waals surface area contributed by atoms with Gasteiger partial charge in [-0.1, -0.05) is 6.58 Å². The van der Waals surface area contributed by atoms with Crippen molar-refractivity contribution < 1.29 is 18.3 Å². The first-order chi connectivity index (χ1) is 18.3. The van der Waals surface area contributed by atoms with Crippen molar-refractivity contribution in [3.63, 3.8) is 0 Å². The van der Waals surface area contributed by atoms with Gasteiger partial charge in [0.2, 0.25) is 5.91 Å². The molecule has 1 amide bonds. The van der Waals surface area contributed by atoms with E-state index in [1.165, 1.54) is 29.5 Å². The van der Waals surface area contributed by atoms with Crippen LogP contribution in [0.25, 0.3) is 11.1 Å². The van der Waals surface area contributed by atoms with Crippen molar-refractivity contribution in [2.45, 2.75) is 32.5 Å². The Morgan fingerprint density at radius 2 is 2.16 bits per heavy atom. The van der Waals surface area contributed by atoms with Gasteiger partial charge in [-0.2, -0.15) is 5.26 Å². The van der Waals surface area contributed by atoms with Gasteiger partial charge >= 0.3 is 0 Å². The van der Waals surface area contributed by atoms with E-state index >= 15 is 4.39 Å². The largest absolute Gasteiger partial charge is 0.367 e. The predicted molar refractivity (Wildman–Crippen MR) is 138 cm³/mol. The van der Waals surface area contributed by atoms with Gasteiger partial charge in [0.15, 0.2) is 0 Å². The van der Waals surface area contributed by atoms with Gasteiger partial charge in [0.1, 0.15) is 29.1 Å². The first-order valence-electron chi connectivity index (χ1n) is 12.4. The summed E-state index contributed by atoms with van der Waals surface area (Å²) in [5.74, 6) is -1.01. The zero-order chi connectivity index (χ0) is 26.6. The van der Waals surface area contributed by atoms with Gasteiger partial charge in [-0.25, -0.2) is 18.7 Å². The molecule has 0 unspecified atom stereocenters. The minimum atomic E-state index is -0.739. The Bertz CT molecular complexity index is 1510. The lowest BCUT2D eigenvalue weighted by atomic mass is 9.79. The van der Waals surface area contributed by atoms with Gasteiger partial charge < -0.3 is 14.5 Å². The second-order valence-corrected chi connectivity index (χ2v) is 11.1. The number of pyridine rings is 1. The van der Waals surface area contributed by atoms with Crippen molar-refractivity contribution in [3.05, 3.63) is 75.4 Å². The van der Waals surface area contributed by atoms with Crippen molar-refractivity contribution in [2.24, 2.45) is 5.41 Å². The Hall–Kier alpha value is -3.68. The maximum absolute atomic E-state index is 15.1. The number of aryl methyl sites for hydroxylation is 1. The van der Waals surface area contributed by atoms with E-state index in [0.717, 1.165) is 28.8 Å². The molecule has 2 fully saturated rings. The zero-order valence-corrected chi connectivity index (χ0v) is 21.7. The van der Waals surface area contributed by atoms with Crippen LogP contribution in [0.1, 0.15) is 39.9 Å². The minimum absolute atomic E-state index is 0.0737. The predicted octanol–water partition coefficient (Wildman–Crippen LogP) is 4.70. The second kappa shape index (κ2) is 9.26. The number of carbonyl (C=O) groups is 1. The second-order valence-electron chi connectivity index (χ2n) is 10.2. The molecule has 0 aliphatic carbocycles. The number of hydrogen-bond acceptors (Lipinski definition) is 7. The lowest BCUT2D eigenvalue weighted by Gasteiger charge is -2.47. The molecule has 10 heteroatoms. The molecule has 3 aromatic rings. The summed E-state index contributed by atoms with van der Waals surface area (Å²) >= 11 is 1.52. The average molecular weight is 534 g/mol. The average Bonchev–Trinajstić information content (AvgIpc) is 3.53. The molecular formula is C28H25F2N5O2S. The molecule has 0 radical (unpaired) electrons. The smallest absolute Gasteiger partial charge is 0.245 e. The van der Waals surface area contributed by atoms with Crippen molar-refractivity contribution in [1.82, 2.24) is 14.9 Å². The van der Waals surface area contributed by atoms with Crippen LogP contribution in [-0.2, 0) is 22.6 Å². The number of benzene rings is 1. The number of nitriles is 1. The lowest BCUT2D eigenvalue weighted by molar-refractivity contribution is -0.136. The Balaban J connectivity index is 1.43. The van der Waals surface area contributed by atoms with Gasteiger partial charge in [-0.05, 0) is 31.6 Å². The molecule has 194 valence electrons. The highest BCUT2D eigenvalue weighted by molar-refractivity contribution is 7.09. The monoisotopic (exact) mass is 533 g/mol. The van der Waals surface area contributed by atoms with Gasteiger partial charge in [0.25, 0.3) is 0 Å². The number of aromatic nitrogens is 2. The third kappa shape index (κ3) is 3.97. The number of rotatable bonds is 4. The summed E-state index contributed by atoms with van der Waals surface area (Å²) in [6.45, 7) is 8.20. The molecule has 5 heterocycles. The van der Waals surface area contributed by atoms with Crippen molar-refractivity contribution >= 4 is 23.1 Å². The van der Waals surface area contributed by atoms with E-state index in [1.807, 2.05) is 6.92 Å². The number of likely N-dealkylation sites (tertiary alicyclic amines) is 1. The summed E-state index contributed by atoms with van der Waals surface area (Å²) in [5.41, 5.74) is 4.79. The molecule has 0 bridgehead atoms. The third-order valence-corrected chi connectivity index (χ3v) is 8.86. The molecule has 0 saturated carbocycles. The van der Waals surface area contributed by atoms with Gasteiger partial charge in [-0.3, -0.25) is 4.79 Å². The van der Waals surface area contributed by atoms with E-state index in [2.05, 4.69) is 22.5 Å². The molecule has 7 nitrogen and oxygen atoms in total. The Morgan fingerprint density at radius 3 is 2.84 bits per heavy atom. The summed E-state index contributed by atoms with van der Waals surface area (Å²) in [7, 11) is 0. The zero-order valence-electron chi connectivity index (χ0n) is 20.8. The topological polar surface area (TPSA) is 82.4 Å². The van der Waals surface area contributed by atoms with Crippen LogP contribution in [0.3, 0.4) is 0 Å². The highest BCUT2D eigenvalue weighted by Crippen LogP contribution is 2.45. The molecule has 3 aliphatic rings. The van der Waals surface area contributed by atoms with Gasteiger partial charge in [0.05, 0.1) is 34.5 Å². The summed E-state index contributed by atoms with van der Waals surface area (Å²) in [4.78, 5) is 26.2. The van der Waals surface area contributed by atoms with Crippen molar-refractivity contribution in [1.29, 1.82) is 5.26 Å². The number of thiazole rings is 1. The van der Waals surface area contributed by atoms with E-state index in [-0.39, 0.29) is 35.2 Å². The third-order valence-electron chi connectivity index (χ3n) is 7.84. The first kappa shape index (κ1) is 24.6. The molecule has 2 aromatic heterocycles. The van der Waals surface area contributed by atoms with Gasteiger partial charge in [0, 0.05) is 60.8 Å².